The average molecular weight is 232 g/mol. The van der Waals surface area contributed by atoms with Crippen molar-refractivity contribution in [1.82, 2.24) is 0 Å². The molecule has 15 heavy (non-hydrogen) atoms. The molecule has 2 nitrogen and oxygen atoms in total. The van der Waals surface area contributed by atoms with Gasteiger partial charge in [-0.2, -0.15) is 0 Å². The van der Waals surface area contributed by atoms with Gasteiger partial charge in [-0.15, -0.1) is 0 Å². The lowest BCUT2D eigenvalue weighted by molar-refractivity contribution is 0.384. The van der Waals surface area contributed by atoms with Gasteiger partial charge >= 0.3 is 0 Å². The number of hydrogen-bond donors (Lipinski definition) is 0. The highest BCUT2D eigenvalue weighted by atomic mass is 32.2. The van der Waals surface area contributed by atoms with Gasteiger partial charge in [-0.05, 0) is 32.1 Å². The Balaban J connectivity index is 2.47. The Bertz CT molecular complexity index is 263. The van der Waals surface area contributed by atoms with Gasteiger partial charge in [0.25, 0.3) is 0 Å². The summed E-state index contributed by atoms with van der Waals surface area (Å²) in [5.74, 6) is 0.886. The second-order valence-electron chi connectivity index (χ2n) is 4.93. The minimum atomic E-state index is -2.82. The van der Waals surface area contributed by atoms with E-state index in [1.165, 1.54) is 19.3 Å². The lowest BCUT2D eigenvalue weighted by Crippen LogP contribution is -2.26. The number of rotatable bonds is 5. The van der Waals surface area contributed by atoms with E-state index < -0.39 is 9.84 Å². The molecule has 1 saturated carbocycles. The summed E-state index contributed by atoms with van der Waals surface area (Å²) in [5.41, 5.74) is 0. The Morgan fingerprint density at radius 3 is 2.33 bits per heavy atom. The van der Waals surface area contributed by atoms with E-state index in [4.69, 9.17) is 0 Å². The van der Waals surface area contributed by atoms with Crippen LogP contribution in [0.15, 0.2) is 0 Å². The van der Waals surface area contributed by atoms with Crippen molar-refractivity contribution in [3.63, 3.8) is 0 Å². The zero-order valence-electron chi connectivity index (χ0n) is 10.0. The van der Waals surface area contributed by atoms with Gasteiger partial charge < -0.3 is 0 Å². The molecule has 3 heteroatoms. The molecule has 0 aliphatic heterocycles. The fraction of sp³-hybridized carbons (Fsp3) is 1.00. The van der Waals surface area contributed by atoms with Crippen LogP contribution in [0.1, 0.15) is 58.8 Å². The van der Waals surface area contributed by atoms with Crippen molar-refractivity contribution in [3.05, 3.63) is 0 Å². The normalized spacial score (nSPS) is 21.5. The zero-order valence-corrected chi connectivity index (χ0v) is 10.9. The monoisotopic (exact) mass is 232 g/mol. The molecule has 0 aromatic rings. The minimum Gasteiger partial charge on any atom is -0.229 e. The second-order valence-corrected chi connectivity index (χ2v) is 7.40. The SMILES string of the molecule is CCCC(C)S(=O)(=O)CC1CCCCC1. The third-order valence-electron chi connectivity index (χ3n) is 3.50. The molecule has 1 fully saturated rings. The van der Waals surface area contributed by atoms with E-state index in [-0.39, 0.29) is 5.25 Å². The van der Waals surface area contributed by atoms with Crippen LogP contribution in [0.3, 0.4) is 0 Å². The van der Waals surface area contributed by atoms with Crippen molar-refractivity contribution in [2.75, 3.05) is 5.75 Å². The van der Waals surface area contributed by atoms with Gasteiger partial charge in [0.1, 0.15) is 0 Å². The van der Waals surface area contributed by atoms with Gasteiger partial charge in [-0.1, -0.05) is 32.6 Å². The molecule has 0 saturated heterocycles. The summed E-state index contributed by atoms with van der Waals surface area (Å²) in [6, 6.07) is 0. The third-order valence-corrected chi connectivity index (χ3v) is 5.90. The van der Waals surface area contributed by atoms with Gasteiger partial charge in [0, 0.05) is 0 Å². The van der Waals surface area contributed by atoms with Crippen LogP contribution in [0, 0.1) is 5.92 Å². The smallest absolute Gasteiger partial charge is 0.153 e. The fourth-order valence-corrected chi connectivity index (χ4v) is 4.35. The van der Waals surface area contributed by atoms with Crippen LogP contribution in [0.5, 0.6) is 0 Å². The quantitative estimate of drug-likeness (QED) is 0.729. The summed E-state index contributed by atoms with van der Waals surface area (Å²) in [6.07, 6.45) is 7.77. The molecule has 1 unspecified atom stereocenters. The molecular weight excluding hydrogens is 208 g/mol. The first-order valence-electron chi connectivity index (χ1n) is 6.28. The van der Waals surface area contributed by atoms with Crippen molar-refractivity contribution in [2.45, 2.75) is 64.0 Å². The third kappa shape index (κ3) is 4.13. The van der Waals surface area contributed by atoms with Crippen LogP contribution >= 0.6 is 0 Å². The van der Waals surface area contributed by atoms with Gasteiger partial charge in [0.05, 0.1) is 11.0 Å². The predicted octanol–water partition coefficient (Wildman–Crippen LogP) is 3.17. The first-order valence-corrected chi connectivity index (χ1v) is 7.99. The van der Waals surface area contributed by atoms with Gasteiger partial charge in [0.15, 0.2) is 9.84 Å². The molecule has 0 aromatic heterocycles. The molecule has 1 aliphatic rings. The molecule has 0 radical (unpaired) electrons. The summed E-state index contributed by atoms with van der Waals surface area (Å²) < 4.78 is 24.0. The van der Waals surface area contributed by atoms with Gasteiger partial charge in [0.2, 0.25) is 0 Å². The van der Waals surface area contributed by atoms with E-state index in [1.54, 1.807) is 0 Å². The molecule has 1 rings (SSSR count). The van der Waals surface area contributed by atoms with Crippen molar-refractivity contribution in [3.8, 4) is 0 Å². The van der Waals surface area contributed by atoms with E-state index >= 15 is 0 Å². The second kappa shape index (κ2) is 5.88. The van der Waals surface area contributed by atoms with Crippen LogP contribution in [-0.4, -0.2) is 19.4 Å². The summed E-state index contributed by atoms with van der Waals surface area (Å²) in [6.45, 7) is 3.91. The molecule has 0 bridgehead atoms. The van der Waals surface area contributed by atoms with Crippen LogP contribution in [0.4, 0.5) is 0 Å². The van der Waals surface area contributed by atoms with Crippen LogP contribution in [-0.2, 0) is 9.84 Å². The Hall–Kier alpha value is -0.0500. The van der Waals surface area contributed by atoms with Crippen molar-refractivity contribution >= 4 is 9.84 Å². The zero-order chi connectivity index (χ0) is 11.3. The van der Waals surface area contributed by atoms with Crippen molar-refractivity contribution in [1.29, 1.82) is 0 Å². The molecule has 0 heterocycles. The standard InChI is InChI=1S/C12H24O2S/c1-3-7-11(2)15(13,14)10-12-8-5-4-6-9-12/h11-12H,3-10H2,1-2H3. The molecular formula is C12H24O2S. The van der Waals surface area contributed by atoms with Gasteiger partial charge in [-0.25, -0.2) is 8.42 Å². The first kappa shape index (κ1) is 13.0. The van der Waals surface area contributed by atoms with Crippen molar-refractivity contribution < 1.29 is 8.42 Å². The topological polar surface area (TPSA) is 34.1 Å². The van der Waals surface area contributed by atoms with Gasteiger partial charge in [-0.3, -0.25) is 0 Å². The molecule has 0 N–H and O–H groups in total. The molecule has 0 spiro atoms. The number of hydrogen-bond acceptors (Lipinski definition) is 2. The molecule has 90 valence electrons. The summed E-state index contributed by atoms with van der Waals surface area (Å²) in [5, 5.41) is -0.135. The molecule has 1 atom stereocenters. The van der Waals surface area contributed by atoms with Crippen LogP contribution in [0.2, 0.25) is 0 Å². The average Bonchev–Trinajstić information content (AvgIpc) is 2.19. The highest BCUT2D eigenvalue weighted by Gasteiger charge is 2.25. The Morgan fingerprint density at radius 1 is 1.20 bits per heavy atom. The van der Waals surface area contributed by atoms with E-state index in [0.717, 1.165) is 25.7 Å². The summed E-state index contributed by atoms with van der Waals surface area (Å²) in [4.78, 5) is 0. The molecule has 0 amide bonds. The maximum atomic E-state index is 12.0. The molecule has 0 aromatic carbocycles. The Morgan fingerprint density at radius 2 is 1.80 bits per heavy atom. The maximum absolute atomic E-state index is 12.0. The lowest BCUT2D eigenvalue weighted by Gasteiger charge is -2.23. The Kier molecular flexibility index (Phi) is 5.10. The highest BCUT2D eigenvalue weighted by molar-refractivity contribution is 7.92. The first-order chi connectivity index (χ1) is 7.06. The predicted molar refractivity (Wildman–Crippen MR) is 64.7 cm³/mol. The van der Waals surface area contributed by atoms with E-state index in [9.17, 15) is 8.42 Å². The molecule has 1 aliphatic carbocycles. The largest absolute Gasteiger partial charge is 0.229 e. The minimum absolute atomic E-state index is 0.135. The van der Waals surface area contributed by atoms with E-state index in [0.29, 0.717) is 11.7 Å². The Labute approximate surface area is 94.4 Å². The van der Waals surface area contributed by atoms with E-state index in [1.807, 2.05) is 13.8 Å². The summed E-state index contributed by atoms with van der Waals surface area (Å²) >= 11 is 0. The van der Waals surface area contributed by atoms with E-state index in [2.05, 4.69) is 0 Å². The van der Waals surface area contributed by atoms with Crippen LogP contribution in [0.25, 0.3) is 0 Å². The fourth-order valence-electron chi connectivity index (χ4n) is 2.43. The van der Waals surface area contributed by atoms with Crippen molar-refractivity contribution in [2.24, 2.45) is 5.92 Å². The highest BCUT2D eigenvalue weighted by Crippen LogP contribution is 2.26. The lowest BCUT2D eigenvalue weighted by atomic mass is 9.91. The number of sulfone groups is 1. The summed E-state index contributed by atoms with van der Waals surface area (Å²) in [7, 11) is -2.82. The van der Waals surface area contributed by atoms with Crippen LogP contribution < -0.4 is 0 Å². The maximum Gasteiger partial charge on any atom is 0.153 e.